The molecule has 0 aromatic heterocycles. The molecule has 0 fully saturated rings. The minimum absolute atomic E-state index is 0.00204. The highest BCUT2D eigenvalue weighted by molar-refractivity contribution is 7.89. The van der Waals surface area contributed by atoms with Crippen molar-refractivity contribution in [3.8, 4) is 6.07 Å². The van der Waals surface area contributed by atoms with Crippen molar-refractivity contribution in [3.05, 3.63) is 29.8 Å². The molecule has 0 radical (unpaired) electrons. The van der Waals surface area contributed by atoms with E-state index in [2.05, 4.69) is 4.72 Å². The van der Waals surface area contributed by atoms with Crippen molar-refractivity contribution >= 4 is 27.5 Å². The van der Waals surface area contributed by atoms with Crippen LogP contribution in [-0.2, 0) is 24.3 Å². The zero-order valence-corrected chi connectivity index (χ0v) is 14.9. The van der Waals surface area contributed by atoms with Crippen LogP contribution >= 0.6 is 0 Å². The molecule has 8 nitrogen and oxygen atoms in total. The van der Waals surface area contributed by atoms with E-state index in [9.17, 15) is 18.0 Å². The van der Waals surface area contributed by atoms with Crippen LogP contribution in [0.2, 0.25) is 0 Å². The van der Waals surface area contributed by atoms with E-state index in [1.54, 1.807) is 18.2 Å². The van der Waals surface area contributed by atoms with Gasteiger partial charge in [0.15, 0.2) is 12.4 Å². The quantitative estimate of drug-likeness (QED) is 0.520. The Morgan fingerprint density at radius 1 is 1.32 bits per heavy atom. The molecule has 0 unspecified atom stereocenters. The molecule has 2 atom stereocenters. The Hall–Kier alpha value is -2.57. The van der Waals surface area contributed by atoms with Crippen LogP contribution in [0.15, 0.2) is 29.2 Å². The van der Waals surface area contributed by atoms with Crippen LogP contribution in [0.1, 0.15) is 19.4 Å². The summed E-state index contributed by atoms with van der Waals surface area (Å²) in [5.41, 5.74) is 0.732. The van der Waals surface area contributed by atoms with E-state index in [0.29, 0.717) is 0 Å². The third-order valence-corrected chi connectivity index (χ3v) is 4.81. The van der Waals surface area contributed by atoms with Crippen LogP contribution < -0.4 is 4.72 Å². The number of esters is 1. The third-order valence-electron chi connectivity index (χ3n) is 3.26. The van der Waals surface area contributed by atoms with E-state index in [1.165, 1.54) is 26.0 Å². The van der Waals surface area contributed by atoms with Crippen molar-refractivity contribution in [2.45, 2.75) is 31.7 Å². The molecule has 9 heteroatoms. The first kappa shape index (κ1) is 20.5. The summed E-state index contributed by atoms with van der Waals surface area (Å²) in [6.45, 7) is 3.68. The highest BCUT2D eigenvalue weighted by Crippen LogP contribution is 2.11. The van der Waals surface area contributed by atoms with Crippen LogP contribution in [0.5, 0.6) is 0 Å². The minimum Gasteiger partial charge on any atom is -0.456 e. The maximum atomic E-state index is 12.2. The normalized spacial score (nSPS) is 13.4. The first-order valence-corrected chi connectivity index (χ1v) is 8.80. The maximum Gasteiger partial charge on any atom is 0.324 e. The molecule has 0 saturated heterocycles. The summed E-state index contributed by atoms with van der Waals surface area (Å²) in [5.74, 6) is -2.98. The SMILES string of the molecule is CC(=N)[C@H](C#N)C(=O)COC(=O)[C@H](C)NS(=O)(=O)c1ccc(C)cc1. The second kappa shape index (κ2) is 8.50. The van der Waals surface area contributed by atoms with Gasteiger partial charge in [-0.05, 0) is 32.9 Å². The molecular weight excluding hydrogens is 346 g/mol. The van der Waals surface area contributed by atoms with Gasteiger partial charge in [0.25, 0.3) is 0 Å². The van der Waals surface area contributed by atoms with E-state index >= 15 is 0 Å². The van der Waals surface area contributed by atoms with Gasteiger partial charge < -0.3 is 10.1 Å². The number of Topliss-reactive ketones (excluding diaryl/α,β-unsaturated/α-hetero) is 1. The van der Waals surface area contributed by atoms with Gasteiger partial charge in [-0.1, -0.05) is 17.7 Å². The smallest absolute Gasteiger partial charge is 0.324 e. The van der Waals surface area contributed by atoms with Crippen molar-refractivity contribution in [1.29, 1.82) is 10.7 Å². The average molecular weight is 365 g/mol. The lowest BCUT2D eigenvalue weighted by Crippen LogP contribution is -2.40. The molecule has 0 heterocycles. The van der Waals surface area contributed by atoms with Gasteiger partial charge in [0.2, 0.25) is 10.0 Å². The molecule has 134 valence electrons. The number of carbonyl (C=O) groups is 2. The van der Waals surface area contributed by atoms with Crippen LogP contribution in [0.3, 0.4) is 0 Å². The lowest BCUT2D eigenvalue weighted by molar-refractivity contribution is -0.149. The second-order valence-electron chi connectivity index (χ2n) is 5.48. The zero-order chi connectivity index (χ0) is 19.2. The number of aryl methyl sites for hydroxylation is 1. The predicted octanol–water partition coefficient (Wildman–Crippen LogP) is 0.954. The van der Waals surface area contributed by atoms with Gasteiger partial charge in [0.05, 0.1) is 11.0 Å². The van der Waals surface area contributed by atoms with Gasteiger partial charge in [0, 0.05) is 5.71 Å². The lowest BCUT2D eigenvalue weighted by Gasteiger charge is -2.14. The summed E-state index contributed by atoms with van der Waals surface area (Å²) < 4.78 is 31.3. The number of nitrogens with one attached hydrogen (secondary N) is 2. The van der Waals surface area contributed by atoms with Crippen molar-refractivity contribution < 1.29 is 22.7 Å². The molecule has 0 bridgehead atoms. The Morgan fingerprint density at radius 3 is 2.36 bits per heavy atom. The number of carbonyl (C=O) groups excluding carboxylic acids is 2. The largest absolute Gasteiger partial charge is 0.456 e. The van der Waals surface area contributed by atoms with Crippen LogP contribution in [-0.4, -0.2) is 38.5 Å². The summed E-state index contributed by atoms with van der Waals surface area (Å²) in [7, 11) is -3.92. The van der Waals surface area contributed by atoms with Gasteiger partial charge in [-0.3, -0.25) is 9.59 Å². The lowest BCUT2D eigenvalue weighted by atomic mass is 10.0. The number of benzene rings is 1. The summed E-state index contributed by atoms with van der Waals surface area (Å²) >= 11 is 0. The fraction of sp³-hybridized carbons (Fsp3) is 0.375. The summed E-state index contributed by atoms with van der Waals surface area (Å²) in [6.07, 6.45) is 0. The number of sulfonamides is 1. The number of nitriles is 1. The molecule has 0 aliphatic rings. The maximum absolute atomic E-state index is 12.2. The fourth-order valence-corrected chi connectivity index (χ4v) is 3.02. The minimum atomic E-state index is -3.92. The van der Waals surface area contributed by atoms with Gasteiger partial charge in [-0.15, -0.1) is 0 Å². The number of ether oxygens (including phenoxy) is 1. The second-order valence-corrected chi connectivity index (χ2v) is 7.19. The number of hydrogen-bond donors (Lipinski definition) is 2. The van der Waals surface area contributed by atoms with Crippen LogP contribution in [0.25, 0.3) is 0 Å². The summed E-state index contributed by atoms with van der Waals surface area (Å²) in [6, 6.07) is 6.48. The van der Waals surface area contributed by atoms with E-state index in [1.807, 2.05) is 6.92 Å². The Bertz CT molecular complexity index is 809. The number of rotatable bonds is 8. The molecular formula is C16H19N3O5S. The zero-order valence-electron chi connectivity index (χ0n) is 14.1. The molecule has 2 N–H and O–H groups in total. The molecule has 0 saturated carbocycles. The van der Waals surface area contributed by atoms with Gasteiger partial charge >= 0.3 is 5.97 Å². The van der Waals surface area contributed by atoms with E-state index < -0.39 is 40.3 Å². The molecule has 0 spiro atoms. The van der Waals surface area contributed by atoms with Crippen molar-refractivity contribution in [1.82, 2.24) is 4.72 Å². The summed E-state index contributed by atoms with van der Waals surface area (Å²) in [4.78, 5) is 23.6. The Kier molecular flexibility index (Phi) is 6.97. The Balaban J connectivity index is 2.68. The van der Waals surface area contributed by atoms with Crippen molar-refractivity contribution in [2.24, 2.45) is 5.92 Å². The third kappa shape index (κ3) is 5.77. The van der Waals surface area contributed by atoms with E-state index in [0.717, 1.165) is 5.56 Å². The van der Waals surface area contributed by atoms with E-state index in [-0.39, 0.29) is 10.6 Å². The summed E-state index contributed by atoms with van der Waals surface area (Å²) in [5, 5.41) is 16.1. The monoisotopic (exact) mass is 365 g/mol. The Labute approximate surface area is 146 Å². The average Bonchev–Trinajstić information content (AvgIpc) is 2.52. The fourth-order valence-electron chi connectivity index (χ4n) is 1.83. The predicted molar refractivity (Wildman–Crippen MR) is 89.4 cm³/mol. The van der Waals surface area contributed by atoms with Crippen LogP contribution in [0.4, 0.5) is 0 Å². The van der Waals surface area contributed by atoms with Crippen molar-refractivity contribution in [3.63, 3.8) is 0 Å². The Morgan fingerprint density at radius 2 is 1.88 bits per heavy atom. The topological polar surface area (TPSA) is 137 Å². The van der Waals surface area contributed by atoms with E-state index in [4.69, 9.17) is 15.4 Å². The first-order chi connectivity index (χ1) is 11.6. The highest BCUT2D eigenvalue weighted by Gasteiger charge is 2.26. The number of ketones is 1. The molecule has 0 amide bonds. The number of hydrogen-bond acceptors (Lipinski definition) is 7. The molecule has 1 rings (SSSR count). The van der Waals surface area contributed by atoms with Crippen LogP contribution in [0, 0.1) is 29.6 Å². The van der Waals surface area contributed by atoms with Gasteiger partial charge in [0.1, 0.15) is 12.0 Å². The first-order valence-electron chi connectivity index (χ1n) is 7.31. The van der Waals surface area contributed by atoms with Gasteiger partial charge in [-0.25, -0.2) is 8.42 Å². The molecule has 1 aromatic carbocycles. The standard InChI is InChI=1S/C16H19N3O5S/c1-10-4-6-13(7-5-10)25(22,23)19-12(3)16(21)24-9-15(20)14(8-17)11(2)18/h4-7,12,14,18-19H,9H2,1-3H3/t12-,14-/m0/s1. The molecule has 25 heavy (non-hydrogen) atoms. The molecule has 1 aromatic rings. The molecule has 0 aliphatic heterocycles. The molecule has 0 aliphatic carbocycles. The highest BCUT2D eigenvalue weighted by atomic mass is 32.2. The van der Waals surface area contributed by atoms with Crippen molar-refractivity contribution in [2.75, 3.05) is 6.61 Å². The van der Waals surface area contributed by atoms with Gasteiger partial charge in [-0.2, -0.15) is 9.98 Å². The number of nitrogens with zero attached hydrogens (tertiary/aromatic N) is 1.